The van der Waals surface area contributed by atoms with Gasteiger partial charge in [0.15, 0.2) is 5.82 Å². The van der Waals surface area contributed by atoms with E-state index in [1.807, 2.05) is 31.2 Å². The lowest BCUT2D eigenvalue weighted by Crippen LogP contribution is -2.51. The number of carbonyl (C=O) groups excluding carboxylic acids is 2. The largest absolute Gasteiger partial charge is 0.345 e. The molecule has 1 aromatic heterocycles. The van der Waals surface area contributed by atoms with Gasteiger partial charge < -0.3 is 10.2 Å². The Hall–Kier alpha value is -3.10. The number of carbonyl (C=O) groups is 2. The molecule has 2 heterocycles. The quantitative estimate of drug-likeness (QED) is 0.455. The summed E-state index contributed by atoms with van der Waals surface area (Å²) in [5.41, 5.74) is 2.19. The van der Waals surface area contributed by atoms with Crippen molar-refractivity contribution < 1.29 is 9.59 Å². The van der Waals surface area contributed by atoms with Crippen LogP contribution in [0.1, 0.15) is 121 Å². The third-order valence-corrected chi connectivity index (χ3v) is 8.44. The number of aliphatic imine (C=N–C) groups is 1. The van der Waals surface area contributed by atoms with Crippen molar-refractivity contribution in [3.8, 4) is 0 Å². The average Bonchev–Trinajstić information content (AvgIpc) is 3.49. The van der Waals surface area contributed by atoms with Crippen LogP contribution in [0.2, 0.25) is 0 Å². The van der Waals surface area contributed by atoms with Crippen LogP contribution in [-0.2, 0) is 11.3 Å². The second kappa shape index (κ2) is 11.2. The number of rotatable bonds is 8. The van der Waals surface area contributed by atoms with E-state index in [0.29, 0.717) is 29.4 Å². The van der Waals surface area contributed by atoms with Crippen LogP contribution < -0.4 is 5.32 Å². The summed E-state index contributed by atoms with van der Waals surface area (Å²) in [6.07, 6.45) is 6.38. The van der Waals surface area contributed by atoms with Crippen molar-refractivity contribution in [3.05, 3.63) is 41.2 Å². The van der Waals surface area contributed by atoms with Crippen molar-refractivity contribution in [2.45, 2.75) is 112 Å². The molecule has 4 rings (SSSR count). The highest BCUT2D eigenvalue weighted by Crippen LogP contribution is 2.50. The molecule has 2 aromatic rings. The number of tetrazole rings is 1. The molecular formula is C30H45N7O2. The van der Waals surface area contributed by atoms with E-state index in [2.05, 4.69) is 72.4 Å². The molecule has 2 aliphatic rings. The summed E-state index contributed by atoms with van der Waals surface area (Å²) in [5, 5.41) is 16.5. The standard InChI is InChI=1S/C30H45N7O2/c1-8-23-27(39)37(30(32-23)17-13-22(14-18-30)29(5,6)7)24(15-16-28(2,3)4)20-9-11-21(12-10-20)26(38)31-19-25-33-35-36-34-25/h9-12,22,24H,8,13-19H2,1-7H3,(H,31,38)(H,33,34,35,36)/t22?,24-,30?/m1/s1. The SMILES string of the molecule is CCC1=NC2(CCC(C(C)(C)C)CC2)N([C@H](CCC(C)(C)C)c2ccc(C(=O)NCc3nn[nH]n3)cc2)C1=O. The summed E-state index contributed by atoms with van der Waals surface area (Å²) >= 11 is 0. The number of benzene rings is 1. The van der Waals surface area contributed by atoms with Crippen LogP contribution in [0, 0.1) is 16.7 Å². The molecule has 1 saturated carbocycles. The Morgan fingerprint density at radius 2 is 1.79 bits per heavy atom. The summed E-state index contributed by atoms with van der Waals surface area (Å²) in [7, 11) is 0. The average molecular weight is 536 g/mol. The van der Waals surface area contributed by atoms with Crippen LogP contribution in [0.3, 0.4) is 0 Å². The molecule has 9 nitrogen and oxygen atoms in total. The molecule has 0 saturated heterocycles. The minimum Gasteiger partial charge on any atom is -0.345 e. The third kappa shape index (κ3) is 6.56. The van der Waals surface area contributed by atoms with Gasteiger partial charge in [-0.05, 0) is 79.4 Å². The minimum absolute atomic E-state index is 0.0764. The summed E-state index contributed by atoms with van der Waals surface area (Å²) in [5.74, 6) is 0.920. The summed E-state index contributed by atoms with van der Waals surface area (Å²) in [6.45, 7) is 15.9. The first-order chi connectivity index (χ1) is 18.3. The van der Waals surface area contributed by atoms with E-state index >= 15 is 0 Å². The van der Waals surface area contributed by atoms with Crippen molar-refractivity contribution >= 4 is 17.5 Å². The Balaban J connectivity index is 1.61. The number of H-pyrrole nitrogens is 1. The summed E-state index contributed by atoms with van der Waals surface area (Å²) in [6, 6.07) is 7.59. The molecule has 1 aromatic carbocycles. The molecule has 2 N–H and O–H groups in total. The zero-order valence-corrected chi connectivity index (χ0v) is 24.7. The predicted molar refractivity (Wildman–Crippen MR) is 152 cm³/mol. The molecule has 1 aliphatic carbocycles. The number of amides is 2. The molecule has 0 radical (unpaired) electrons. The van der Waals surface area contributed by atoms with Gasteiger partial charge in [0.05, 0.1) is 12.6 Å². The lowest BCUT2D eigenvalue weighted by molar-refractivity contribution is -0.134. The van der Waals surface area contributed by atoms with Crippen LogP contribution in [0.5, 0.6) is 0 Å². The van der Waals surface area contributed by atoms with Gasteiger partial charge in [-0.15, -0.1) is 10.2 Å². The minimum atomic E-state index is -0.479. The molecule has 0 unspecified atom stereocenters. The molecular weight excluding hydrogens is 490 g/mol. The van der Waals surface area contributed by atoms with Gasteiger partial charge in [0.2, 0.25) is 0 Å². The van der Waals surface area contributed by atoms with Crippen molar-refractivity contribution in [1.29, 1.82) is 0 Å². The van der Waals surface area contributed by atoms with E-state index in [1.54, 1.807) is 0 Å². The Morgan fingerprint density at radius 3 is 2.33 bits per heavy atom. The van der Waals surface area contributed by atoms with Gasteiger partial charge in [0, 0.05) is 5.56 Å². The Bertz CT molecular complexity index is 1170. The molecule has 1 aliphatic heterocycles. The first kappa shape index (κ1) is 28.9. The molecule has 39 heavy (non-hydrogen) atoms. The molecule has 2 amide bonds. The Morgan fingerprint density at radius 1 is 1.13 bits per heavy atom. The lowest BCUT2D eigenvalue weighted by Gasteiger charge is -2.48. The lowest BCUT2D eigenvalue weighted by atomic mass is 9.69. The van der Waals surface area contributed by atoms with E-state index in [0.717, 1.165) is 44.1 Å². The highest BCUT2D eigenvalue weighted by molar-refractivity contribution is 6.40. The highest BCUT2D eigenvalue weighted by atomic mass is 16.2. The third-order valence-electron chi connectivity index (χ3n) is 8.44. The molecule has 1 spiro atoms. The molecule has 1 atom stereocenters. The van der Waals surface area contributed by atoms with E-state index in [-0.39, 0.29) is 35.2 Å². The number of aromatic amines is 1. The smallest absolute Gasteiger partial charge is 0.270 e. The zero-order chi connectivity index (χ0) is 28.4. The van der Waals surface area contributed by atoms with Crippen molar-refractivity contribution in [2.75, 3.05) is 0 Å². The number of aromatic nitrogens is 4. The maximum absolute atomic E-state index is 13.9. The fourth-order valence-corrected chi connectivity index (χ4v) is 6.03. The van der Waals surface area contributed by atoms with Crippen molar-refractivity contribution in [2.24, 2.45) is 21.7 Å². The number of hydrogen-bond acceptors (Lipinski definition) is 6. The van der Waals surface area contributed by atoms with E-state index < -0.39 is 5.66 Å². The fourth-order valence-electron chi connectivity index (χ4n) is 6.03. The van der Waals surface area contributed by atoms with Crippen LogP contribution in [-0.4, -0.2) is 48.7 Å². The predicted octanol–water partition coefficient (Wildman–Crippen LogP) is 5.62. The first-order valence-corrected chi connectivity index (χ1v) is 14.4. The first-order valence-electron chi connectivity index (χ1n) is 14.4. The Kier molecular flexibility index (Phi) is 8.28. The van der Waals surface area contributed by atoms with E-state index in [9.17, 15) is 9.59 Å². The van der Waals surface area contributed by atoms with Crippen LogP contribution >= 0.6 is 0 Å². The molecule has 212 valence electrons. The second-order valence-corrected chi connectivity index (χ2v) is 13.5. The second-order valence-electron chi connectivity index (χ2n) is 13.5. The number of nitrogens with one attached hydrogen (secondary N) is 2. The zero-order valence-electron chi connectivity index (χ0n) is 24.7. The number of nitrogens with zero attached hydrogens (tertiary/aromatic N) is 5. The summed E-state index contributed by atoms with van der Waals surface area (Å²) in [4.78, 5) is 34.0. The van der Waals surface area contributed by atoms with Gasteiger partial charge in [0.25, 0.3) is 11.8 Å². The van der Waals surface area contributed by atoms with Gasteiger partial charge in [-0.25, -0.2) is 0 Å². The maximum atomic E-state index is 13.9. The van der Waals surface area contributed by atoms with Crippen LogP contribution in [0.25, 0.3) is 0 Å². The molecule has 9 heteroatoms. The highest BCUT2D eigenvalue weighted by Gasteiger charge is 2.52. The van der Waals surface area contributed by atoms with Gasteiger partial charge in [-0.2, -0.15) is 5.21 Å². The van der Waals surface area contributed by atoms with Gasteiger partial charge in [-0.3, -0.25) is 14.6 Å². The Labute approximate surface area is 232 Å². The monoisotopic (exact) mass is 535 g/mol. The van der Waals surface area contributed by atoms with Gasteiger partial charge in [-0.1, -0.05) is 65.8 Å². The van der Waals surface area contributed by atoms with E-state index in [1.165, 1.54) is 0 Å². The molecule has 0 bridgehead atoms. The van der Waals surface area contributed by atoms with Gasteiger partial charge >= 0.3 is 0 Å². The number of hydrogen-bond donors (Lipinski definition) is 2. The van der Waals surface area contributed by atoms with Gasteiger partial charge in [0.1, 0.15) is 11.4 Å². The van der Waals surface area contributed by atoms with E-state index in [4.69, 9.17) is 4.99 Å². The maximum Gasteiger partial charge on any atom is 0.270 e. The van der Waals surface area contributed by atoms with Crippen LogP contribution in [0.15, 0.2) is 29.3 Å². The molecule has 1 fully saturated rings. The van der Waals surface area contributed by atoms with Crippen molar-refractivity contribution in [1.82, 2.24) is 30.8 Å². The topological polar surface area (TPSA) is 116 Å². The fraction of sp³-hybridized carbons (Fsp3) is 0.667. The van der Waals surface area contributed by atoms with Crippen molar-refractivity contribution in [3.63, 3.8) is 0 Å². The van der Waals surface area contributed by atoms with Crippen LogP contribution in [0.4, 0.5) is 0 Å². The summed E-state index contributed by atoms with van der Waals surface area (Å²) < 4.78 is 0. The normalized spacial score (nSPS) is 22.7.